The Morgan fingerprint density at radius 3 is 2.54 bits per heavy atom. The summed E-state index contributed by atoms with van der Waals surface area (Å²) in [6.45, 7) is 5.66. The van der Waals surface area contributed by atoms with Crippen LogP contribution in [0.4, 0.5) is 5.69 Å². The Kier molecular flexibility index (Phi) is 9.56. The summed E-state index contributed by atoms with van der Waals surface area (Å²) >= 11 is 6.14. The van der Waals surface area contributed by atoms with Gasteiger partial charge in [0.15, 0.2) is 0 Å². The number of nitrogens with one attached hydrogen (secondary N) is 1. The van der Waals surface area contributed by atoms with Gasteiger partial charge in [-0.2, -0.15) is 0 Å². The number of hydrogen-bond donors (Lipinski definition) is 3. The van der Waals surface area contributed by atoms with Crippen molar-refractivity contribution in [2.75, 3.05) is 59.2 Å². The minimum atomic E-state index is -0.631. The molecule has 0 aromatic heterocycles. The van der Waals surface area contributed by atoms with E-state index in [1.165, 1.54) is 13.2 Å². The fraction of sp³-hybridized carbons (Fsp3) is 0.704. The maximum atomic E-state index is 13.0. The molecule has 0 aliphatic carbocycles. The fourth-order valence-electron chi connectivity index (χ4n) is 6.44. The topological polar surface area (TPSA) is 117 Å². The first-order chi connectivity index (χ1) is 17.8. The van der Waals surface area contributed by atoms with E-state index in [1.807, 2.05) is 0 Å². The lowest BCUT2D eigenvalue weighted by Gasteiger charge is -2.47. The average Bonchev–Trinajstić information content (AvgIpc) is 2.90. The Morgan fingerprint density at radius 1 is 1.16 bits per heavy atom. The number of carbonyl (C=O) groups excluding carboxylic acids is 1. The molecule has 4 atom stereocenters. The molecule has 0 radical (unpaired) electrons. The first-order valence-electron chi connectivity index (χ1n) is 13.4. The van der Waals surface area contributed by atoms with Crippen LogP contribution in [0, 0.1) is 17.8 Å². The summed E-state index contributed by atoms with van der Waals surface area (Å²) < 4.78 is 11.1. The highest BCUT2D eigenvalue weighted by Crippen LogP contribution is 2.38. The van der Waals surface area contributed by atoms with Crippen LogP contribution < -0.4 is 15.8 Å². The predicted octanol–water partition coefficient (Wildman–Crippen LogP) is 2.96. The highest BCUT2D eigenvalue weighted by atomic mass is 35.5. The van der Waals surface area contributed by atoms with Crippen molar-refractivity contribution in [2.24, 2.45) is 17.8 Å². The Balaban J connectivity index is 1.24. The predicted molar refractivity (Wildman–Crippen MR) is 143 cm³/mol. The third-order valence-electron chi connectivity index (χ3n) is 8.61. The summed E-state index contributed by atoms with van der Waals surface area (Å²) in [5.74, 6) is 0.114. The van der Waals surface area contributed by atoms with Crippen LogP contribution in [0.1, 0.15) is 48.9 Å². The number of carboxylic acid groups (broad SMARTS) is 1. The number of carboxylic acids is 1. The third kappa shape index (κ3) is 6.69. The molecule has 37 heavy (non-hydrogen) atoms. The lowest BCUT2D eigenvalue weighted by Crippen LogP contribution is -2.55. The van der Waals surface area contributed by atoms with E-state index in [4.69, 9.17) is 26.8 Å². The number of nitrogen functional groups attached to an aromatic ring is 1. The van der Waals surface area contributed by atoms with Gasteiger partial charge < -0.3 is 35.4 Å². The van der Waals surface area contributed by atoms with E-state index >= 15 is 0 Å². The summed E-state index contributed by atoms with van der Waals surface area (Å²) in [6, 6.07) is 2.95. The Morgan fingerprint density at radius 2 is 1.92 bits per heavy atom. The second-order valence-electron chi connectivity index (χ2n) is 10.8. The van der Waals surface area contributed by atoms with E-state index in [2.05, 4.69) is 15.1 Å². The first kappa shape index (κ1) is 28.0. The Hall–Kier alpha value is -2.07. The fourth-order valence-corrected chi connectivity index (χ4v) is 6.60. The second kappa shape index (κ2) is 12.7. The molecule has 2 bridgehead atoms. The van der Waals surface area contributed by atoms with Crippen LogP contribution >= 0.6 is 11.6 Å². The van der Waals surface area contributed by atoms with Crippen LogP contribution in [-0.2, 0) is 9.53 Å². The second-order valence-corrected chi connectivity index (χ2v) is 11.2. The Bertz CT molecular complexity index is 955. The van der Waals surface area contributed by atoms with Gasteiger partial charge in [0.2, 0.25) is 0 Å². The maximum Gasteiger partial charge on any atom is 0.306 e. The van der Waals surface area contributed by atoms with Crippen LogP contribution in [0.2, 0.25) is 5.02 Å². The number of anilines is 1. The van der Waals surface area contributed by atoms with Crippen molar-refractivity contribution in [1.82, 2.24) is 15.1 Å². The number of fused-ring (bicyclic) bond motifs is 3. The molecule has 4 heterocycles. The van der Waals surface area contributed by atoms with Gasteiger partial charge in [0.05, 0.1) is 41.4 Å². The van der Waals surface area contributed by atoms with Gasteiger partial charge in [-0.05, 0) is 69.6 Å². The number of piperidine rings is 4. The van der Waals surface area contributed by atoms with Crippen LogP contribution in [0.5, 0.6) is 5.75 Å². The number of hydrogen-bond acceptors (Lipinski definition) is 7. The van der Waals surface area contributed by atoms with Crippen LogP contribution in [0.3, 0.4) is 0 Å². The van der Waals surface area contributed by atoms with Crippen LogP contribution in [-0.4, -0.2) is 92.4 Å². The molecule has 206 valence electrons. The smallest absolute Gasteiger partial charge is 0.306 e. The highest BCUT2D eigenvalue weighted by Gasteiger charge is 2.41. The number of halogens is 1. The number of nitrogens with zero attached hydrogens (tertiary/aromatic N) is 2. The monoisotopic (exact) mass is 536 g/mol. The number of benzene rings is 1. The number of aliphatic carboxylic acids is 1. The number of ether oxygens (including phenoxy) is 2. The first-order valence-corrected chi connectivity index (χ1v) is 13.8. The molecule has 10 heteroatoms. The summed E-state index contributed by atoms with van der Waals surface area (Å²) in [5, 5.41) is 13.3. The molecule has 9 nitrogen and oxygen atoms in total. The minimum Gasteiger partial charge on any atom is -0.496 e. The van der Waals surface area contributed by atoms with Gasteiger partial charge >= 0.3 is 5.97 Å². The van der Waals surface area contributed by atoms with Crippen molar-refractivity contribution in [1.29, 1.82) is 0 Å². The summed E-state index contributed by atoms with van der Waals surface area (Å²) in [6.07, 6.45) is 5.52. The summed E-state index contributed by atoms with van der Waals surface area (Å²) in [7, 11) is 3.16. The zero-order valence-corrected chi connectivity index (χ0v) is 22.7. The average molecular weight is 537 g/mol. The molecule has 4 aliphatic heterocycles. The summed E-state index contributed by atoms with van der Waals surface area (Å²) in [4.78, 5) is 29.8. The summed E-state index contributed by atoms with van der Waals surface area (Å²) in [5.41, 5.74) is 6.54. The van der Waals surface area contributed by atoms with Crippen molar-refractivity contribution in [3.63, 3.8) is 0 Å². The normalized spacial score (nSPS) is 28.6. The molecule has 4 fully saturated rings. The highest BCUT2D eigenvalue weighted by molar-refractivity contribution is 6.33. The van der Waals surface area contributed by atoms with E-state index in [0.29, 0.717) is 40.4 Å². The van der Waals surface area contributed by atoms with Gasteiger partial charge in [-0.3, -0.25) is 9.59 Å². The molecule has 4 N–H and O–H groups in total. The van der Waals surface area contributed by atoms with Gasteiger partial charge in [0.1, 0.15) is 5.75 Å². The van der Waals surface area contributed by atoms with Gasteiger partial charge in [0.25, 0.3) is 5.91 Å². The molecule has 0 saturated carbocycles. The van der Waals surface area contributed by atoms with Crippen molar-refractivity contribution >= 4 is 29.2 Å². The standard InChI is InChI=1S/C27H41ClN4O5/c1-36-24-14-22(29)21(28)13-19(24)26(33)30-23-8-12-31(16-25(23)37-2)9-4-3-5-18(27(34)35)20-15-32-10-6-17(20)7-11-32/h13-14,17-18,20,23,25H,3-12,15-16,29H2,1-2H3,(H,30,33)(H,34,35)/t18-,20?,23-,25+/m1/s1. The number of unbranched alkanes of at least 4 members (excludes halogenated alkanes) is 1. The van der Waals surface area contributed by atoms with Crippen LogP contribution in [0.25, 0.3) is 0 Å². The minimum absolute atomic E-state index is 0.136. The molecule has 0 spiro atoms. The molecule has 1 amide bonds. The lowest BCUT2D eigenvalue weighted by molar-refractivity contribution is -0.147. The molecule has 1 aromatic rings. The van der Waals surface area contributed by atoms with E-state index in [0.717, 1.165) is 71.2 Å². The van der Waals surface area contributed by atoms with Gasteiger partial charge in [-0.25, -0.2) is 0 Å². The van der Waals surface area contributed by atoms with Crippen molar-refractivity contribution in [2.45, 2.75) is 50.7 Å². The van der Waals surface area contributed by atoms with E-state index < -0.39 is 5.97 Å². The van der Waals surface area contributed by atoms with Gasteiger partial charge in [-0.15, -0.1) is 0 Å². The van der Waals surface area contributed by atoms with E-state index in [9.17, 15) is 14.7 Å². The largest absolute Gasteiger partial charge is 0.496 e. The number of nitrogens with two attached hydrogens (primary N) is 1. The molecule has 4 saturated heterocycles. The molecule has 1 unspecified atom stereocenters. The lowest BCUT2D eigenvalue weighted by atomic mass is 9.71. The Labute approximate surface area is 224 Å². The van der Waals surface area contributed by atoms with Crippen molar-refractivity contribution in [3.05, 3.63) is 22.7 Å². The third-order valence-corrected chi connectivity index (χ3v) is 8.93. The molecule has 1 aromatic carbocycles. The van der Waals surface area contributed by atoms with Gasteiger partial charge in [-0.1, -0.05) is 18.0 Å². The molecule has 5 rings (SSSR count). The SMILES string of the molecule is COc1cc(N)c(Cl)cc1C(=O)N[C@@H]1CCN(CCCC[C@@H](C(=O)O)C2CN3CCC2CC3)C[C@@H]1OC. The number of amides is 1. The maximum absolute atomic E-state index is 13.0. The van der Waals surface area contributed by atoms with Gasteiger partial charge in [0, 0.05) is 32.8 Å². The van der Waals surface area contributed by atoms with Crippen molar-refractivity contribution in [3.8, 4) is 5.75 Å². The van der Waals surface area contributed by atoms with Crippen LogP contribution in [0.15, 0.2) is 12.1 Å². The zero-order chi connectivity index (χ0) is 26.5. The molecule has 4 aliphatic rings. The molecular formula is C27H41ClN4O5. The number of carbonyl (C=O) groups is 2. The number of rotatable bonds is 11. The number of methoxy groups -OCH3 is 2. The molecular weight excluding hydrogens is 496 g/mol. The zero-order valence-electron chi connectivity index (χ0n) is 22.0. The van der Waals surface area contributed by atoms with Crippen molar-refractivity contribution < 1.29 is 24.2 Å². The number of likely N-dealkylation sites (tertiary alicyclic amines) is 1. The van der Waals surface area contributed by atoms with E-state index in [-0.39, 0.29) is 24.0 Å². The van der Waals surface area contributed by atoms with E-state index in [1.54, 1.807) is 13.2 Å². The quantitative estimate of drug-likeness (QED) is 0.292.